The first-order valence-electron chi connectivity index (χ1n) is 7.96. The second kappa shape index (κ2) is 8.15. The topological polar surface area (TPSA) is 69.7 Å². The Labute approximate surface area is 146 Å². The second-order valence-corrected chi connectivity index (χ2v) is 6.33. The van der Waals surface area contributed by atoms with Crippen LogP contribution in [-0.2, 0) is 14.4 Å². The standard InChI is InChI=1S/C17H22ClN3O3/c1-12-11-14(18)3-4-15(12)19-16(23)5-6-17(24)21-9-7-20(8-10-21)13(2)22/h3-4,11H,5-10H2,1-2H3,(H,19,23). The van der Waals surface area contributed by atoms with Gasteiger partial charge in [-0.25, -0.2) is 0 Å². The molecule has 1 saturated heterocycles. The summed E-state index contributed by atoms with van der Waals surface area (Å²) in [6.45, 7) is 5.54. The van der Waals surface area contributed by atoms with E-state index < -0.39 is 0 Å². The highest BCUT2D eigenvalue weighted by molar-refractivity contribution is 6.30. The van der Waals surface area contributed by atoms with Gasteiger partial charge in [0.05, 0.1) is 0 Å². The predicted octanol–water partition coefficient (Wildman–Crippen LogP) is 2.06. The molecule has 130 valence electrons. The number of piperazine rings is 1. The number of hydrogen-bond acceptors (Lipinski definition) is 3. The third kappa shape index (κ3) is 4.96. The Balaban J connectivity index is 1.77. The molecule has 0 bridgehead atoms. The number of anilines is 1. The Kier molecular flexibility index (Phi) is 6.20. The molecule has 1 N–H and O–H groups in total. The third-order valence-electron chi connectivity index (χ3n) is 4.11. The quantitative estimate of drug-likeness (QED) is 0.902. The molecule has 0 aromatic heterocycles. The van der Waals surface area contributed by atoms with E-state index in [0.717, 1.165) is 5.56 Å². The molecule has 1 heterocycles. The Morgan fingerprint density at radius 2 is 1.71 bits per heavy atom. The molecular formula is C17H22ClN3O3. The molecular weight excluding hydrogens is 330 g/mol. The fourth-order valence-corrected chi connectivity index (χ4v) is 2.86. The molecule has 1 aliphatic rings. The molecule has 0 spiro atoms. The van der Waals surface area contributed by atoms with Crippen LogP contribution in [0.15, 0.2) is 18.2 Å². The maximum absolute atomic E-state index is 12.2. The van der Waals surface area contributed by atoms with Crippen molar-refractivity contribution in [3.05, 3.63) is 28.8 Å². The van der Waals surface area contributed by atoms with Gasteiger partial charge in [-0.2, -0.15) is 0 Å². The van der Waals surface area contributed by atoms with E-state index in [-0.39, 0.29) is 30.6 Å². The molecule has 0 saturated carbocycles. The predicted molar refractivity (Wildman–Crippen MR) is 92.9 cm³/mol. The van der Waals surface area contributed by atoms with E-state index in [1.165, 1.54) is 6.92 Å². The zero-order valence-electron chi connectivity index (χ0n) is 14.0. The van der Waals surface area contributed by atoms with Gasteiger partial charge in [-0.1, -0.05) is 11.6 Å². The number of benzene rings is 1. The van der Waals surface area contributed by atoms with E-state index in [1.54, 1.807) is 28.0 Å². The van der Waals surface area contributed by atoms with Gasteiger partial charge in [0, 0.05) is 56.7 Å². The van der Waals surface area contributed by atoms with E-state index in [9.17, 15) is 14.4 Å². The van der Waals surface area contributed by atoms with E-state index in [4.69, 9.17) is 11.6 Å². The molecule has 24 heavy (non-hydrogen) atoms. The Hall–Kier alpha value is -2.08. The summed E-state index contributed by atoms with van der Waals surface area (Å²) in [5.74, 6) is -0.225. The third-order valence-corrected chi connectivity index (χ3v) is 4.34. The van der Waals surface area contributed by atoms with Crippen molar-refractivity contribution in [1.82, 2.24) is 9.80 Å². The van der Waals surface area contributed by atoms with Crippen LogP contribution in [0.3, 0.4) is 0 Å². The molecule has 0 unspecified atom stereocenters. The maximum Gasteiger partial charge on any atom is 0.224 e. The number of halogens is 1. The lowest BCUT2D eigenvalue weighted by Gasteiger charge is -2.34. The number of hydrogen-bond donors (Lipinski definition) is 1. The number of aryl methyl sites for hydroxylation is 1. The first kappa shape index (κ1) is 18.3. The van der Waals surface area contributed by atoms with E-state index in [0.29, 0.717) is 36.9 Å². The van der Waals surface area contributed by atoms with E-state index >= 15 is 0 Å². The van der Waals surface area contributed by atoms with Gasteiger partial charge in [0.1, 0.15) is 0 Å². The van der Waals surface area contributed by atoms with Crippen LogP contribution in [-0.4, -0.2) is 53.7 Å². The molecule has 1 aromatic rings. The average Bonchev–Trinajstić information content (AvgIpc) is 2.55. The summed E-state index contributed by atoms with van der Waals surface area (Å²) in [7, 11) is 0. The maximum atomic E-state index is 12.2. The highest BCUT2D eigenvalue weighted by atomic mass is 35.5. The first-order valence-corrected chi connectivity index (χ1v) is 8.34. The van der Waals surface area contributed by atoms with Crippen LogP contribution in [0.5, 0.6) is 0 Å². The minimum Gasteiger partial charge on any atom is -0.339 e. The zero-order chi connectivity index (χ0) is 17.7. The van der Waals surface area contributed by atoms with Crippen LogP contribution in [0.4, 0.5) is 5.69 Å². The fraction of sp³-hybridized carbons (Fsp3) is 0.471. The van der Waals surface area contributed by atoms with Gasteiger partial charge < -0.3 is 15.1 Å². The molecule has 1 aliphatic heterocycles. The highest BCUT2D eigenvalue weighted by Crippen LogP contribution is 2.19. The molecule has 1 fully saturated rings. The first-order chi connectivity index (χ1) is 11.4. The number of rotatable bonds is 4. The zero-order valence-corrected chi connectivity index (χ0v) is 14.7. The van der Waals surface area contributed by atoms with Crippen LogP contribution in [0.25, 0.3) is 0 Å². The Morgan fingerprint density at radius 3 is 2.29 bits per heavy atom. The monoisotopic (exact) mass is 351 g/mol. The summed E-state index contributed by atoms with van der Waals surface area (Å²) >= 11 is 5.88. The molecule has 2 rings (SSSR count). The summed E-state index contributed by atoms with van der Waals surface area (Å²) in [6, 6.07) is 5.24. The van der Waals surface area contributed by atoms with Crippen molar-refractivity contribution in [2.24, 2.45) is 0 Å². The summed E-state index contributed by atoms with van der Waals surface area (Å²) in [5.41, 5.74) is 1.58. The number of nitrogens with one attached hydrogen (secondary N) is 1. The second-order valence-electron chi connectivity index (χ2n) is 5.89. The van der Waals surface area contributed by atoms with Gasteiger partial charge in [-0.05, 0) is 30.7 Å². The fourth-order valence-electron chi connectivity index (χ4n) is 2.63. The molecule has 0 atom stereocenters. The molecule has 0 aliphatic carbocycles. The van der Waals surface area contributed by atoms with Crippen molar-refractivity contribution in [3.63, 3.8) is 0 Å². The lowest BCUT2D eigenvalue weighted by molar-refractivity contribution is -0.138. The average molecular weight is 352 g/mol. The van der Waals surface area contributed by atoms with Crippen LogP contribution in [0, 0.1) is 6.92 Å². The van der Waals surface area contributed by atoms with Gasteiger partial charge in [-0.3, -0.25) is 14.4 Å². The highest BCUT2D eigenvalue weighted by Gasteiger charge is 2.22. The van der Waals surface area contributed by atoms with Crippen LogP contribution >= 0.6 is 11.6 Å². The normalized spacial score (nSPS) is 14.5. The summed E-state index contributed by atoms with van der Waals surface area (Å²) in [5, 5.41) is 3.41. The van der Waals surface area contributed by atoms with Crippen molar-refractivity contribution in [3.8, 4) is 0 Å². The van der Waals surface area contributed by atoms with Gasteiger partial charge in [0.25, 0.3) is 0 Å². The smallest absolute Gasteiger partial charge is 0.224 e. The van der Waals surface area contributed by atoms with Crippen molar-refractivity contribution < 1.29 is 14.4 Å². The number of amides is 3. The summed E-state index contributed by atoms with van der Waals surface area (Å²) in [4.78, 5) is 38.9. The number of carbonyl (C=O) groups is 3. The molecule has 3 amide bonds. The van der Waals surface area contributed by atoms with E-state index in [1.807, 2.05) is 6.92 Å². The molecule has 1 aromatic carbocycles. The minimum atomic E-state index is -0.198. The molecule has 0 radical (unpaired) electrons. The van der Waals surface area contributed by atoms with Gasteiger partial charge in [0.2, 0.25) is 17.7 Å². The van der Waals surface area contributed by atoms with Crippen LogP contribution in [0.2, 0.25) is 5.02 Å². The van der Waals surface area contributed by atoms with Crippen LogP contribution in [0.1, 0.15) is 25.3 Å². The van der Waals surface area contributed by atoms with Crippen LogP contribution < -0.4 is 5.32 Å². The summed E-state index contributed by atoms with van der Waals surface area (Å²) in [6.07, 6.45) is 0.298. The van der Waals surface area contributed by atoms with Crippen molar-refractivity contribution >= 4 is 35.0 Å². The lowest BCUT2D eigenvalue weighted by atomic mass is 10.2. The minimum absolute atomic E-state index is 0.0276. The number of carbonyl (C=O) groups excluding carboxylic acids is 3. The Bertz CT molecular complexity index is 640. The lowest BCUT2D eigenvalue weighted by Crippen LogP contribution is -2.50. The van der Waals surface area contributed by atoms with Crippen molar-refractivity contribution in [2.75, 3.05) is 31.5 Å². The number of nitrogens with zero attached hydrogens (tertiary/aromatic N) is 2. The van der Waals surface area contributed by atoms with Gasteiger partial charge >= 0.3 is 0 Å². The molecule has 7 heteroatoms. The van der Waals surface area contributed by atoms with Crippen molar-refractivity contribution in [2.45, 2.75) is 26.7 Å². The summed E-state index contributed by atoms with van der Waals surface area (Å²) < 4.78 is 0. The van der Waals surface area contributed by atoms with E-state index in [2.05, 4.69) is 5.32 Å². The van der Waals surface area contributed by atoms with Crippen molar-refractivity contribution in [1.29, 1.82) is 0 Å². The molecule has 6 nitrogen and oxygen atoms in total. The SMILES string of the molecule is CC(=O)N1CCN(C(=O)CCC(=O)Nc2ccc(Cl)cc2C)CC1. The van der Waals surface area contributed by atoms with Gasteiger partial charge in [0.15, 0.2) is 0 Å². The Morgan fingerprint density at radius 1 is 1.08 bits per heavy atom. The van der Waals surface area contributed by atoms with Gasteiger partial charge in [-0.15, -0.1) is 0 Å². The largest absolute Gasteiger partial charge is 0.339 e.